The van der Waals surface area contributed by atoms with Crippen molar-refractivity contribution in [1.29, 1.82) is 0 Å². The van der Waals surface area contributed by atoms with Crippen molar-refractivity contribution in [2.75, 3.05) is 26.2 Å². The first kappa shape index (κ1) is 20.6. The van der Waals surface area contributed by atoms with E-state index in [2.05, 4.69) is 63.9 Å². The molecule has 0 spiro atoms. The summed E-state index contributed by atoms with van der Waals surface area (Å²) in [7, 11) is 0. The third-order valence-electron chi connectivity index (χ3n) is 4.46. The van der Waals surface area contributed by atoms with Gasteiger partial charge in [-0.2, -0.15) is 0 Å². The predicted molar refractivity (Wildman–Crippen MR) is 125 cm³/mol. The van der Waals surface area contributed by atoms with Crippen LogP contribution in [0.1, 0.15) is 30.0 Å². The number of ketones is 1. The minimum atomic E-state index is -0.114. The first-order valence-electron chi connectivity index (χ1n) is 8.91. The highest BCUT2D eigenvalue weighted by atomic mass is 127. The van der Waals surface area contributed by atoms with Crippen LogP contribution in [0.4, 0.5) is 0 Å². The highest BCUT2D eigenvalue weighted by Crippen LogP contribution is 2.30. The maximum absolute atomic E-state index is 12.9. The highest BCUT2D eigenvalue weighted by molar-refractivity contribution is 14.1. The Bertz CT molecular complexity index is 891. The van der Waals surface area contributed by atoms with Gasteiger partial charge in [-0.05, 0) is 82.5 Å². The lowest BCUT2D eigenvalue weighted by Gasteiger charge is -2.19. The standard InChI is InChI=1S/C21H21I2NO3/c1-3-24(4-2)9-10-26-21-16(22)11-15(12-17(21)23)20(25)19-13-14-7-5-6-8-18(14)27-19/h5-8,11-13H,3-4,9-10H2,1-2H3. The van der Waals surface area contributed by atoms with Gasteiger partial charge in [-0.15, -0.1) is 0 Å². The van der Waals surface area contributed by atoms with Crippen molar-refractivity contribution in [3.05, 3.63) is 60.9 Å². The van der Waals surface area contributed by atoms with Gasteiger partial charge in [-0.3, -0.25) is 4.79 Å². The number of hydrogen-bond acceptors (Lipinski definition) is 4. The molecule has 0 radical (unpaired) electrons. The monoisotopic (exact) mass is 589 g/mol. The van der Waals surface area contributed by atoms with Gasteiger partial charge in [0, 0.05) is 17.5 Å². The fourth-order valence-electron chi connectivity index (χ4n) is 2.88. The van der Waals surface area contributed by atoms with E-state index in [0.29, 0.717) is 17.9 Å². The zero-order valence-electron chi connectivity index (χ0n) is 15.3. The largest absolute Gasteiger partial charge is 0.490 e. The fourth-order valence-corrected chi connectivity index (χ4v) is 4.96. The molecule has 0 aliphatic heterocycles. The zero-order chi connectivity index (χ0) is 19.4. The van der Waals surface area contributed by atoms with Crippen molar-refractivity contribution < 1.29 is 13.9 Å². The second kappa shape index (κ2) is 9.38. The quantitative estimate of drug-likeness (QED) is 0.254. The molecular weight excluding hydrogens is 568 g/mol. The maximum Gasteiger partial charge on any atom is 0.228 e. The summed E-state index contributed by atoms with van der Waals surface area (Å²) in [6.07, 6.45) is 0. The SMILES string of the molecule is CCN(CC)CCOc1c(I)cc(C(=O)c2cc3ccccc3o2)cc1I. The van der Waals surface area contributed by atoms with Gasteiger partial charge in [-0.1, -0.05) is 32.0 Å². The molecule has 6 heteroatoms. The minimum absolute atomic E-state index is 0.114. The smallest absolute Gasteiger partial charge is 0.228 e. The van der Waals surface area contributed by atoms with Crippen LogP contribution in [0.25, 0.3) is 11.0 Å². The van der Waals surface area contributed by atoms with Crippen LogP contribution in [0.15, 0.2) is 46.9 Å². The van der Waals surface area contributed by atoms with Crippen molar-refractivity contribution in [1.82, 2.24) is 4.90 Å². The molecule has 27 heavy (non-hydrogen) atoms. The van der Waals surface area contributed by atoms with Crippen molar-refractivity contribution in [3.8, 4) is 5.75 Å². The van der Waals surface area contributed by atoms with E-state index in [1.54, 1.807) is 6.07 Å². The van der Waals surface area contributed by atoms with Gasteiger partial charge >= 0.3 is 0 Å². The number of rotatable bonds is 8. The Labute approximate surface area is 186 Å². The first-order chi connectivity index (χ1) is 13.0. The number of halogens is 2. The van der Waals surface area contributed by atoms with Gasteiger partial charge in [0.1, 0.15) is 17.9 Å². The molecule has 0 saturated heterocycles. The van der Waals surface area contributed by atoms with Crippen LogP contribution in [0.3, 0.4) is 0 Å². The minimum Gasteiger partial charge on any atom is -0.490 e. The summed E-state index contributed by atoms with van der Waals surface area (Å²) in [6, 6.07) is 13.2. The second-order valence-electron chi connectivity index (χ2n) is 6.12. The molecule has 3 aromatic rings. The number of likely N-dealkylation sites (N-methyl/N-ethyl adjacent to an activating group) is 1. The lowest BCUT2D eigenvalue weighted by molar-refractivity contribution is 0.101. The van der Waals surface area contributed by atoms with Crippen LogP contribution >= 0.6 is 45.2 Å². The fraction of sp³-hybridized carbons (Fsp3) is 0.286. The van der Waals surface area contributed by atoms with Crippen LogP contribution < -0.4 is 4.74 Å². The van der Waals surface area contributed by atoms with E-state index < -0.39 is 0 Å². The lowest BCUT2D eigenvalue weighted by atomic mass is 10.1. The summed E-state index contributed by atoms with van der Waals surface area (Å²) < 4.78 is 13.6. The van der Waals surface area contributed by atoms with Crippen molar-refractivity contribution in [2.24, 2.45) is 0 Å². The Balaban J connectivity index is 1.78. The number of furan rings is 1. The molecule has 2 aromatic carbocycles. The summed E-state index contributed by atoms with van der Waals surface area (Å²) in [6.45, 7) is 7.84. The average molecular weight is 589 g/mol. The van der Waals surface area contributed by atoms with Gasteiger partial charge in [0.2, 0.25) is 5.78 Å². The Morgan fingerprint density at radius 2 is 1.74 bits per heavy atom. The Morgan fingerprint density at radius 1 is 1.07 bits per heavy atom. The van der Waals surface area contributed by atoms with Crippen molar-refractivity contribution in [2.45, 2.75) is 13.8 Å². The number of fused-ring (bicyclic) bond motifs is 1. The van der Waals surface area contributed by atoms with Crippen LogP contribution in [-0.2, 0) is 0 Å². The molecule has 0 N–H and O–H groups in total. The summed E-state index contributed by atoms with van der Waals surface area (Å²) in [5.41, 5.74) is 1.33. The number of ether oxygens (including phenoxy) is 1. The second-order valence-corrected chi connectivity index (χ2v) is 8.45. The third kappa shape index (κ3) is 4.83. The third-order valence-corrected chi connectivity index (χ3v) is 6.06. The molecule has 142 valence electrons. The van der Waals surface area contributed by atoms with E-state index in [1.807, 2.05) is 36.4 Å². The number of carbonyl (C=O) groups is 1. The zero-order valence-corrected chi connectivity index (χ0v) is 19.6. The molecule has 0 amide bonds. The number of carbonyl (C=O) groups excluding carboxylic acids is 1. The van der Waals surface area contributed by atoms with Crippen molar-refractivity contribution >= 4 is 61.9 Å². The summed E-state index contributed by atoms with van der Waals surface area (Å²) >= 11 is 4.46. The van der Waals surface area contributed by atoms with E-state index in [4.69, 9.17) is 9.15 Å². The van der Waals surface area contributed by atoms with Crippen LogP contribution in [0, 0.1) is 7.14 Å². The molecule has 0 aliphatic rings. The van der Waals surface area contributed by atoms with Crippen LogP contribution in [0.2, 0.25) is 0 Å². The van der Waals surface area contributed by atoms with E-state index in [1.165, 1.54) is 0 Å². The molecule has 3 rings (SSSR count). The molecule has 1 aromatic heterocycles. The molecule has 0 fully saturated rings. The number of nitrogens with zero attached hydrogens (tertiary/aromatic N) is 1. The molecule has 0 bridgehead atoms. The normalized spacial score (nSPS) is 11.3. The maximum atomic E-state index is 12.9. The topological polar surface area (TPSA) is 42.7 Å². The van der Waals surface area contributed by atoms with Crippen LogP contribution in [0.5, 0.6) is 5.75 Å². The summed E-state index contributed by atoms with van der Waals surface area (Å²) in [5.74, 6) is 1.08. The van der Waals surface area contributed by atoms with Gasteiger partial charge in [0.25, 0.3) is 0 Å². The van der Waals surface area contributed by atoms with Gasteiger partial charge in [-0.25, -0.2) is 0 Å². The van der Waals surface area contributed by atoms with Gasteiger partial charge in [0.15, 0.2) is 5.76 Å². The predicted octanol–water partition coefficient (Wildman–Crippen LogP) is 5.59. The van der Waals surface area contributed by atoms with E-state index in [0.717, 1.165) is 43.5 Å². The molecule has 0 unspecified atom stereocenters. The molecule has 4 nitrogen and oxygen atoms in total. The average Bonchev–Trinajstić information content (AvgIpc) is 3.10. The van der Waals surface area contributed by atoms with E-state index in [9.17, 15) is 4.79 Å². The number of benzene rings is 2. The molecule has 0 atom stereocenters. The first-order valence-corrected chi connectivity index (χ1v) is 11.1. The molecule has 0 aliphatic carbocycles. The van der Waals surface area contributed by atoms with Crippen LogP contribution in [-0.4, -0.2) is 36.9 Å². The van der Waals surface area contributed by atoms with Gasteiger partial charge < -0.3 is 14.1 Å². The lowest BCUT2D eigenvalue weighted by Crippen LogP contribution is -2.28. The molecular formula is C21H21I2NO3. The van der Waals surface area contributed by atoms with E-state index >= 15 is 0 Å². The Morgan fingerprint density at radius 3 is 2.37 bits per heavy atom. The van der Waals surface area contributed by atoms with Crippen molar-refractivity contribution in [3.63, 3.8) is 0 Å². The summed E-state index contributed by atoms with van der Waals surface area (Å²) in [4.78, 5) is 15.2. The number of para-hydroxylation sites is 1. The van der Waals surface area contributed by atoms with E-state index in [-0.39, 0.29) is 5.78 Å². The summed E-state index contributed by atoms with van der Waals surface area (Å²) in [5, 5.41) is 0.932. The highest BCUT2D eigenvalue weighted by Gasteiger charge is 2.18. The molecule has 1 heterocycles. The Kier molecular flexibility index (Phi) is 7.16. The number of hydrogen-bond donors (Lipinski definition) is 0. The molecule has 0 saturated carbocycles. The van der Waals surface area contributed by atoms with Gasteiger partial charge in [0.05, 0.1) is 7.14 Å². The Hall–Kier alpha value is -1.13.